The van der Waals surface area contributed by atoms with E-state index in [1.807, 2.05) is 31.2 Å². The number of sulfonamides is 1. The number of halogens is 1. The van der Waals surface area contributed by atoms with Gasteiger partial charge in [0.1, 0.15) is 6.54 Å². The van der Waals surface area contributed by atoms with E-state index in [-0.39, 0.29) is 6.54 Å². The summed E-state index contributed by atoms with van der Waals surface area (Å²) in [5, 5.41) is 4.06. The molecule has 0 unspecified atom stereocenters. The van der Waals surface area contributed by atoms with Crippen LogP contribution in [0.25, 0.3) is 0 Å². The lowest BCUT2D eigenvalue weighted by atomic mass is 10.1. The molecule has 2 aromatic rings. The van der Waals surface area contributed by atoms with Crippen molar-refractivity contribution in [3.8, 4) is 0 Å². The highest BCUT2D eigenvalue weighted by Crippen LogP contribution is 2.20. The summed E-state index contributed by atoms with van der Waals surface area (Å²) in [5.74, 6) is -0.523. The first-order valence-corrected chi connectivity index (χ1v) is 10.4. The quantitative estimate of drug-likeness (QED) is 0.556. The molecule has 0 saturated heterocycles. The molecule has 0 aromatic heterocycles. The van der Waals surface area contributed by atoms with Crippen LogP contribution < -0.4 is 9.73 Å². The van der Waals surface area contributed by atoms with Gasteiger partial charge in [-0.05, 0) is 43.7 Å². The Labute approximate surface area is 162 Å². The van der Waals surface area contributed by atoms with E-state index in [9.17, 15) is 13.2 Å². The topological polar surface area (TPSA) is 78.8 Å². The minimum absolute atomic E-state index is 0.356. The van der Waals surface area contributed by atoms with E-state index in [1.54, 1.807) is 31.2 Å². The van der Waals surface area contributed by atoms with Gasteiger partial charge in [-0.25, -0.2) is 13.8 Å². The number of nitrogens with zero attached hydrogens (tertiary/aromatic N) is 2. The maximum Gasteiger partial charge on any atom is 0.260 e. The molecule has 0 heterocycles. The Morgan fingerprint density at radius 3 is 2.23 bits per heavy atom. The van der Waals surface area contributed by atoms with Gasteiger partial charge in [0, 0.05) is 4.47 Å². The fourth-order valence-electron chi connectivity index (χ4n) is 2.18. The summed E-state index contributed by atoms with van der Waals surface area (Å²) in [6.07, 6.45) is 1.06. The molecule has 0 aliphatic rings. The summed E-state index contributed by atoms with van der Waals surface area (Å²) in [7, 11) is -3.61. The number of amides is 1. The first kappa shape index (κ1) is 20.1. The van der Waals surface area contributed by atoms with E-state index in [1.165, 1.54) is 0 Å². The Kier molecular flexibility index (Phi) is 6.55. The Bertz CT molecular complexity index is 908. The van der Waals surface area contributed by atoms with Crippen LogP contribution in [-0.2, 0) is 14.8 Å². The molecule has 26 heavy (non-hydrogen) atoms. The number of hydrogen-bond acceptors (Lipinski definition) is 4. The molecule has 0 saturated carbocycles. The number of benzene rings is 2. The molecule has 138 valence electrons. The van der Waals surface area contributed by atoms with Crippen molar-refractivity contribution in [3.63, 3.8) is 0 Å². The number of anilines is 1. The number of hydrogen-bond donors (Lipinski definition) is 1. The molecule has 0 spiro atoms. The third kappa shape index (κ3) is 5.67. The Balaban J connectivity index is 2.11. The van der Waals surface area contributed by atoms with Crippen molar-refractivity contribution in [2.24, 2.45) is 5.10 Å². The largest absolute Gasteiger partial charge is 0.271 e. The zero-order valence-corrected chi connectivity index (χ0v) is 17.1. The summed E-state index contributed by atoms with van der Waals surface area (Å²) < 4.78 is 25.9. The third-order valence-electron chi connectivity index (χ3n) is 3.62. The van der Waals surface area contributed by atoms with Gasteiger partial charge in [-0.15, -0.1) is 0 Å². The molecule has 0 bridgehead atoms. The average Bonchev–Trinajstić information content (AvgIpc) is 2.58. The van der Waals surface area contributed by atoms with Crippen molar-refractivity contribution in [3.05, 3.63) is 64.1 Å². The first-order chi connectivity index (χ1) is 12.2. The highest BCUT2D eigenvalue weighted by molar-refractivity contribution is 9.10. The minimum atomic E-state index is -3.61. The summed E-state index contributed by atoms with van der Waals surface area (Å²) in [6, 6.07) is 14.4. The van der Waals surface area contributed by atoms with Crippen LogP contribution in [0.4, 0.5) is 5.69 Å². The van der Waals surface area contributed by atoms with Crippen LogP contribution in [0.2, 0.25) is 0 Å². The molecule has 0 fully saturated rings. The maximum absolute atomic E-state index is 12.2. The normalized spacial score (nSPS) is 11.9. The fourth-order valence-corrected chi connectivity index (χ4v) is 3.30. The van der Waals surface area contributed by atoms with Crippen molar-refractivity contribution in [1.29, 1.82) is 0 Å². The second kappa shape index (κ2) is 8.46. The number of nitrogens with one attached hydrogen (secondary N) is 1. The standard InChI is InChI=1S/C18H20BrN3O3S/c1-13-4-6-15(7-5-13)14(2)20-21-18(23)12-22(26(3,24)25)17-10-8-16(19)9-11-17/h4-11H,12H2,1-3H3,(H,21,23)/b20-14-. The van der Waals surface area contributed by atoms with E-state index in [4.69, 9.17) is 0 Å². The van der Waals surface area contributed by atoms with Gasteiger partial charge in [-0.2, -0.15) is 5.10 Å². The van der Waals surface area contributed by atoms with Crippen molar-refractivity contribution >= 4 is 43.3 Å². The molecule has 0 atom stereocenters. The van der Waals surface area contributed by atoms with Crippen LogP contribution >= 0.6 is 15.9 Å². The van der Waals surface area contributed by atoms with Crippen molar-refractivity contribution < 1.29 is 13.2 Å². The van der Waals surface area contributed by atoms with Crippen LogP contribution in [0.3, 0.4) is 0 Å². The molecule has 2 rings (SSSR count). The molecule has 1 amide bonds. The van der Waals surface area contributed by atoms with Gasteiger partial charge in [-0.1, -0.05) is 45.8 Å². The number of carbonyl (C=O) groups excluding carboxylic acids is 1. The van der Waals surface area contributed by atoms with Crippen molar-refractivity contribution in [2.75, 3.05) is 17.1 Å². The summed E-state index contributed by atoms with van der Waals surface area (Å²) in [4.78, 5) is 12.2. The molecular weight excluding hydrogens is 418 g/mol. The SMILES string of the molecule is C/C(=N/NC(=O)CN(c1ccc(Br)cc1)S(C)(=O)=O)c1ccc(C)cc1. The third-order valence-corrected chi connectivity index (χ3v) is 5.29. The second-order valence-corrected chi connectivity index (χ2v) is 8.67. The maximum atomic E-state index is 12.2. The lowest BCUT2D eigenvalue weighted by molar-refractivity contribution is -0.119. The van der Waals surface area contributed by atoms with Crippen LogP contribution in [0.1, 0.15) is 18.1 Å². The number of carbonyl (C=O) groups is 1. The van der Waals surface area contributed by atoms with E-state index in [0.717, 1.165) is 26.2 Å². The highest BCUT2D eigenvalue weighted by Gasteiger charge is 2.20. The lowest BCUT2D eigenvalue weighted by Gasteiger charge is -2.21. The van der Waals surface area contributed by atoms with Gasteiger partial charge < -0.3 is 0 Å². The monoisotopic (exact) mass is 437 g/mol. The summed E-state index contributed by atoms with van der Waals surface area (Å²) >= 11 is 3.30. The van der Waals surface area contributed by atoms with Gasteiger partial charge in [0.2, 0.25) is 10.0 Å². The predicted molar refractivity (Wildman–Crippen MR) is 108 cm³/mol. The van der Waals surface area contributed by atoms with Gasteiger partial charge in [0.15, 0.2) is 0 Å². The van der Waals surface area contributed by atoms with Crippen molar-refractivity contribution in [1.82, 2.24) is 5.43 Å². The predicted octanol–water partition coefficient (Wildman–Crippen LogP) is 3.06. The van der Waals surface area contributed by atoms with E-state index < -0.39 is 15.9 Å². The Morgan fingerprint density at radius 1 is 1.12 bits per heavy atom. The zero-order valence-electron chi connectivity index (χ0n) is 14.7. The molecule has 1 N–H and O–H groups in total. The van der Waals surface area contributed by atoms with Crippen LogP contribution in [0, 0.1) is 6.92 Å². The molecule has 8 heteroatoms. The zero-order chi connectivity index (χ0) is 19.3. The molecule has 0 aliphatic carbocycles. The Morgan fingerprint density at radius 2 is 1.69 bits per heavy atom. The molecular formula is C18H20BrN3O3S. The van der Waals surface area contributed by atoms with Gasteiger partial charge >= 0.3 is 0 Å². The van der Waals surface area contributed by atoms with Crippen LogP contribution in [0.5, 0.6) is 0 Å². The molecule has 0 radical (unpaired) electrons. The van der Waals surface area contributed by atoms with Gasteiger partial charge in [0.05, 0.1) is 17.7 Å². The van der Waals surface area contributed by atoms with E-state index in [2.05, 4.69) is 26.5 Å². The van der Waals surface area contributed by atoms with Gasteiger partial charge in [-0.3, -0.25) is 9.10 Å². The number of rotatable bonds is 6. The smallest absolute Gasteiger partial charge is 0.260 e. The van der Waals surface area contributed by atoms with Crippen LogP contribution in [-0.4, -0.2) is 32.8 Å². The lowest BCUT2D eigenvalue weighted by Crippen LogP contribution is -2.39. The molecule has 6 nitrogen and oxygen atoms in total. The van der Waals surface area contributed by atoms with Crippen molar-refractivity contribution in [2.45, 2.75) is 13.8 Å². The van der Waals surface area contributed by atoms with E-state index in [0.29, 0.717) is 11.4 Å². The van der Waals surface area contributed by atoms with Gasteiger partial charge in [0.25, 0.3) is 5.91 Å². The van der Waals surface area contributed by atoms with Crippen LogP contribution in [0.15, 0.2) is 58.1 Å². The minimum Gasteiger partial charge on any atom is -0.271 e. The summed E-state index contributed by atoms with van der Waals surface area (Å²) in [6.45, 7) is 3.40. The second-order valence-electron chi connectivity index (χ2n) is 5.84. The fraction of sp³-hybridized carbons (Fsp3) is 0.222. The Hall–Kier alpha value is -2.19. The number of hydrazone groups is 1. The van der Waals surface area contributed by atoms with E-state index >= 15 is 0 Å². The molecule has 0 aliphatic heterocycles. The highest BCUT2D eigenvalue weighted by atomic mass is 79.9. The number of aryl methyl sites for hydroxylation is 1. The average molecular weight is 438 g/mol. The molecule has 2 aromatic carbocycles. The summed E-state index contributed by atoms with van der Waals surface area (Å²) in [5.41, 5.74) is 5.46. The first-order valence-electron chi connectivity index (χ1n) is 7.80.